The number of hydrogen-bond acceptors (Lipinski definition) is 4. The number of nitrogens with one attached hydrogen (secondary N) is 1. The summed E-state index contributed by atoms with van der Waals surface area (Å²) >= 11 is 0. The minimum absolute atomic E-state index is 0.362. The number of aryl methyl sites for hydroxylation is 2. The molecule has 1 aromatic carbocycles. The van der Waals surface area contributed by atoms with Crippen molar-refractivity contribution in [2.75, 3.05) is 5.48 Å². The standard InChI is InChI=1S/C10H11N3O/c1-6-3-8-9(4-7(6)2)12-10(13-14)5-11-8/h3-5,14H,1-2H3,(H,12,13). The van der Waals surface area contributed by atoms with Gasteiger partial charge in [-0.1, -0.05) is 0 Å². The van der Waals surface area contributed by atoms with E-state index in [4.69, 9.17) is 5.21 Å². The van der Waals surface area contributed by atoms with Crippen molar-refractivity contribution < 1.29 is 5.21 Å². The lowest BCUT2D eigenvalue weighted by Gasteiger charge is -2.03. The van der Waals surface area contributed by atoms with Gasteiger partial charge in [-0.15, -0.1) is 0 Å². The Morgan fingerprint density at radius 1 is 1.14 bits per heavy atom. The predicted molar refractivity (Wildman–Crippen MR) is 54.4 cm³/mol. The average molecular weight is 189 g/mol. The molecule has 0 radical (unpaired) electrons. The summed E-state index contributed by atoms with van der Waals surface area (Å²) in [4.78, 5) is 8.34. The fourth-order valence-corrected chi connectivity index (χ4v) is 1.32. The molecule has 2 N–H and O–H groups in total. The molecule has 0 bridgehead atoms. The van der Waals surface area contributed by atoms with Crippen LogP contribution in [0.2, 0.25) is 0 Å². The molecular weight excluding hydrogens is 178 g/mol. The largest absolute Gasteiger partial charge is 0.290 e. The monoisotopic (exact) mass is 189 g/mol. The maximum Gasteiger partial charge on any atom is 0.168 e. The zero-order valence-corrected chi connectivity index (χ0v) is 8.07. The molecule has 0 aliphatic heterocycles. The predicted octanol–water partition coefficient (Wildman–Crippen LogP) is 2.05. The van der Waals surface area contributed by atoms with Gasteiger partial charge in [-0.2, -0.15) is 0 Å². The molecule has 2 aromatic rings. The van der Waals surface area contributed by atoms with Crippen LogP contribution < -0.4 is 5.48 Å². The Hall–Kier alpha value is -1.68. The molecule has 1 aromatic heterocycles. The van der Waals surface area contributed by atoms with Crippen LogP contribution in [0, 0.1) is 13.8 Å². The summed E-state index contributed by atoms with van der Waals surface area (Å²) < 4.78 is 0. The summed E-state index contributed by atoms with van der Waals surface area (Å²) in [5, 5.41) is 8.67. The van der Waals surface area contributed by atoms with Gasteiger partial charge in [0.25, 0.3) is 0 Å². The van der Waals surface area contributed by atoms with Crippen molar-refractivity contribution in [1.82, 2.24) is 9.97 Å². The van der Waals surface area contributed by atoms with Crippen molar-refractivity contribution in [2.45, 2.75) is 13.8 Å². The van der Waals surface area contributed by atoms with Crippen LogP contribution in [0.4, 0.5) is 5.82 Å². The molecule has 0 saturated carbocycles. The highest BCUT2D eigenvalue weighted by atomic mass is 16.5. The molecule has 72 valence electrons. The van der Waals surface area contributed by atoms with Crippen LogP contribution in [-0.2, 0) is 0 Å². The SMILES string of the molecule is Cc1cc2ncc(NO)nc2cc1C. The van der Waals surface area contributed by atoms with E-state index in [-0.39, 0.29) is 0 Å². The number of anilines is 1. The van der Waals surface area contributed by atoms with Crippen molar-refractivity contribution in [3.05, 3.63) is 29.5 Å². The van der Waals surface area contributed by atoms with Crippen molar-refractivity contribution in [3.8, 4) is 0 Å². The molecule has 0 spiro atoms. The van der Waals surface area contributed by atoms with Crippen LogP contribution in [0.3, 0.4) is 0 Å². The van der Waals surface area contributed by atoms with Crippen LogP contribution in [0.5, 0.6) is 0 Å². The lowest BCUT2D eigenvalue weighted by molar-refractivity contribution is 0.386. The van der Waals surface area contributed by atoms with Crippen molar-refractivity contribution in [3.63, 3.8) is 0 Å². The number of benzene rings is 1. The normalized spacial score (nSPS) is 10.5. The van der Waals surface area contributed by atoms with Gasteiger partial charge in [0, 0.05) is 0 Å². The molecule has 4 heteroatoms. The summed E-state index contributed by atoms with van der Waals surface area (Å²) in [5.74, 6) is 0.362. The first-order valence-electron chi connectivity index (χ1n) is 4.35. The van der Waals surface area contributed by atoms with E-state index in [0.717, 1.165) is 11.0 Å². The first-order valence-corrected chi connectivity index (χ1v) is 4.35. The highest BCUT2D eigenvalue weighted by Crippen LogP contribution is 2.16. The summed E-state index contributed by atoms with van der Waals surface area (Å²) in [6.45, 7) is 4.06. The zero-order valence-electron chi connectivity index (χ0n) is 8.07. The molecule has 0 aliphatic rings. The highest BCUT2D eigenvalue weighted by Gasteiger charge is 2.01. The molecule has 0 amide bonds. The van der Waals surface area contributed by atoms with Gasteiger partial charge >= 0.3 is 0 Å². The van der Waals surface area contributed by atoms with E-state index in [1.807, 2.05) is 31.5 Å². The zero-order chi connectivity index (χ0) is 10.1. The molecular formula is C10H11N3O. The number of hydrogen-bond donors (Lipinski definition) is 2. The van der Waals surface area contributed by atoms with Crippen LogP contribution in [0.15, 0.2) is 18.3 Å². The van der Waals surface area contributed by atoms with Gasteiger partial charge in [0.2, 0.25) is 0 Å². The van der Waals surface area contributed by atoms with Crippen molar-refractivity contribution in [1.29, 1.82) is 0 Å². The molecule has 2 rings (SSSR count). The second kappa shape index (κ2) is 3.23. The van der Waals surface area contributed by atoms with E-state index < -0.39 is 0 Å². The lowest BCUT2D eigenvalue weighted by Crippen LogP contribution is -1.95. The Labute approximate surface area is 81.6 Å². The maximum atomic E-state index is 8.67. The Balaban J connectivity index is 2.70. The molecule has 0 atom stereocenters. The third-order valence-corrected chi connectivity index (χ3v) is 2.27. The number of nitrogens with zero attached hydrogens (tertiary/aromatic N) is 2. The minimum Gasteiger partial charge on any atom is -0.290 e. The van der Waals surface area contributed by atoms with Crippen molar-refractivity contribution in [2.24, 2.45) is 0 Å². The number of aromatic nitrogens is 2. The Morgan fingerprint density at radius 3 is 2.43 bits per heavy atom. The van der Waals surface area contributed by atoms with Gasteiger partial charge in [-0.25, -0.2) is 4.98 Å². The van der Waals surface area contributed by atoms with E-state index in [1.54, 1.807) is 0 Å². The van der Waals surface area contributed by atoms with Crippen LogP contribution in [0.25, 0.3) is 11.0 Å². The van der Waals surface area contributed by atoms with Gasteiger partial charge in [-0.05, 0) is 37.1 Å². The quantitative estimate of drug-likeness (QED) is 0.674. The van der Waals surface area contributed by atoms with Crippen LogP contribution >= 0.6 is 0 Å². The molecule has 4 nitrogen and oxygen atoms in total. The fourth-order valence-electron chi connectivity index (χ4n) is 1.32. The Bertz CT molecular complexity index is 482. The van der Waals surface area contributed by atoms with Gasteiger partial charge in [0.15, 0.2) is 5.82 Å². The van der Waals surface area contributed by atoms with E-state index in [0.29, 0.717) is 5.82 Å². The number of rotatable bonds is 1. The molecule has 0 saturated heterocycles. The summed E-state index contributed by atoms with van der Waals surface area (Å²) in [6, 6.07) is 3.94. The van der Waals surface area contributed by atoms with Gasteiger partial charge < -0.3 is 0 Å². The third-order valence-electron chi connectivity index (χ3n) is 2.27. The highest BCUT2D eigenvalue weighted by molar-refractivity contribution is 5.77. The molecule has 0 aliphatic carbocycles. The second-order valence-corrected chi connectivity index (χ2v) is 3.29. The fraction of sp³-hybridized carbons (Fsp3) is 0.200. The van der Waals surface area contributed by atoms with Crippen molar-refractivity contribution >= 4 is 16.9 Å². The van der Waals surface area contributed by atoms with E-state index in [2.05, 4.69) is 9.97 Å². The average Bonchev–Trinajstić information content (AvgIpc) is 2.19. The molecule has 0 fully saturated rings. The third kappa shape index (κ3) is 1.40. The van der Waals surface area contributed by atoms with Crippen LogP contribution in [0.1, 0.15) is 11.1 Å². The summed E-state index contributed by atoms with van der Waals surface area (Å²) in [6.07, 6.45) is 1.50. The number of fused-ring (bicyclic) bond motifs is 1. The first kappa shape index (κ1) is 8.90. The second-order valence-electron chi connectivity index (χ2n) is 3.29. The van der Waals surface area contributed by atoms with E-state index in [1.165, 1.54) is 17.3 Å². The van der Waals surface area contributed by atoms with E-state index >= 15 is 0 Å². The van der Waals surface area contributed by atoms with Crippen LogP contribution in [-0.4, -0.2) is 15.2 Å². The topological polar surface area (TPSA) is 58.0 Å². The smallest absolute Gasteiger partial charge is 0.168 e. The summed E-state index contributed by atoms with van der Waals surface area (Å²) in [5.41, 5.74) is 5.96. The first-order chi connectivity index (χ1) is 6.70. The summed E-state index contributed by atoms with van der Waals surface area (Å²) in [7, 11) is 0. The maximum absolute atomic E-state index is 8.67. The van der Waals surface area contributed by atoms with E-state index in [9.17, 15) is 0 Å². The molecule has 0 unspecified atom stereocenters. The Morgan fingerprint density at radius 2 is 1.79 bits per heavy atom. The molecule has 1 heterocycles. The van der Waals surface area contributed by atoms with Gasteiger partial charge in [-0.3, -0.25) is 15.7 Å². The van der Waals surface area contributed by atoms with Gasteiger partial charge in [0.1, 0.15) is 0 Å². The Kier molecular flexibility index (Phi) is 2.05. The van der Waals surface area contributed by atoms with Gasteiger partial charge in [0.05, 0.1) is 17.2 Å². The molecule has 14 heavy (non-hydrogen) atoms. The minimum atomic E-state index is 0.362. The lowest BCUT2D eigenvalue weighted by atomic mass is 10.1.